The summed E-state index contributed by atoms with van der Waals surface area (Å²) < 4.78 is 10.8. The van der Waals surface area contributed by atoms with Crippen LogP contribution in [0.3, 0.4) is 0 Å². The van der Waals surface area contributed by atoms with E-state index in [-0.39, 0.29) is 0 Å². The van der Waals surface area contributed by atoms with Crippen molar-refractivity contribution in [2.75, 3.05) is 27.3 Å². The number of carbonyl (C=O) groups is 1. The summed E-state index contributed by atoms with van der Waals surface area (Å²) in [4.78, 5) is 17.7. The summed E-state index contributed by atoms with van der Waals surface area (Å²) >= 11 is 0. The van der Waals surface area contributed by atoms with Crippen LogP contribution in [0.25, 0.3) is 0 Å². The predicted octanol–water partition coefficient (Wildman–Crippen LogP) is 3.84. The van der Waals surface area contributed by atoms with Gasteiger partial charge in [0.2, 0.25) is 5.91 Å². The number of piperidine rings is 3. The van der Waals surface area contributed by atoms with E-state index in [2.05, 4.69) is 34.9 Å². The van der Waals surface area contributed by atoms with Crippen LogP contribution in [0.5, 0.6) is 5.75 Å². The van der Waals surface area contributed by atoms with Crippen molar-refractivity contribution in [2.24, 2.45) is 11.8 Å². The molecule has 0 aromatic heterocycles. The Balaban J connectivity index is 1.52. The number of amides is 1. The molecule has 0 aliphatic carbocycles. The average molecular weight is 401 g/mol. The first-order chi connectivity index (χ1) is 14.1. The zero-order chi connectivity index (χ0) is 20.4. The molecule has 29 heavy (non-hydrogen) atoms. The molecule has 5 nitrogen and oxygen atoms in total. The van der Waals surface area contributed by atoms with Crippen molar-refractivity contribution in [3.63, 3.8) is 0 Å². The van der Waals surface area contributed by atoms with Gasteiger partial charge in [-0.25, -0.2) is 0 Å². The van der Waals surface area contributed by atoms with E-state index in [0.717, 1.165) is 56.6 Å². The number of nitrogens with zero attached hydrogens (tertiary/aromatic N) is 2. The van der Waals surface area contributed by atoms with Crippen LogP contribution in [0.1, 0.15) is 56.6 Å². The third-order valence-electron chi connectivity index (χ3n) is 7.21. The Bertz CT molecular complexity index is 722. The molecule has 2 bridgehead atoms. The van der Waals surface area contributed by atoms with Crippen LogP contribution in [-0.2, 0) is 22.7 Å². The van der Waals surface area contributed by atoms with Crippen LogP contribution < -0.4 is 4.74 Å². The molecular weight excluding hydrogens is 364 g/mol. The van der Waals surface area contributed by atoms with Gasteiger partial charge in [-0.1, -0.05) is 19.4 Å². The molecule has 1 amide bonds. The fourth-order valence-corrected chi connectivity index (χ4v) is 6.13. The first-order valence-corrected chi connectivity index (χ1v) is 11.3. The van der Waals surface area contributed by atoms with Gasteiger partial charge in [0, 0.05) is 50.8 Å². The summed E-state index contributed by atoms with van der Waals surface area (Å²) in [5, 5.41) is 0. The van der Waals surface area contributed by atoms with Gasteiger partial charge in [-0.15, -0.1) is 0 Å². The maximum Gasteiger partial charge on any atom is 0.223 e. The highest BCUT2D eigenvalue weighted by atomic mass is 16.5. The highest BCUT2D eigenvalue weighted by molar-refractivity contribution is 5.78. The molecule has 3 saturated heterocycles. The van der Waals surface area contributed by atoms with Gasteiger partial charge in [0.1, 0.15) is 5.75 Å². The van der Waals surface area contributed by atoms with Crippen molar-refractivity contribution in [3.05, 3.63) is 29.3 Å². The normalized spacial score (nSPS) is 29.6. The first-order valence-electron chi connectivity index (χ1n) is 11.3. The summed E-state index contributed by atoms with van der Waals surface area (Å²) in [5.41, 5.74) is 2.43. The molecule has 3 fully saturated rings. The van der Waals surface area contributed by atoms with Crippen LogP contribution >= 0.6 is 0 Å². The molecule has 0 saturated carbocycles. The van der Waals surface area contributed by atoms with Gasteiger partial charge in [0.25, 0.3) is 0 Å². The van der Waals surface area contributed by atoms with E-state index in [1.54, 1.807) is 14.2 Å². The van der Waals surface area contributed by atoms with E-state index in [4.69, 9.17) is 9.47 Å². The van der Waals surface area contributed by atoms with Gasteiger partial charge in [-0.2, -0.15) is 0 Å². The molecule has 0 N–H and O–H groups in total. The van der Waals surface area contributed by atoms with Gasteiger partial charge in [-0.3, -0.25) is 9.69 Å². The lowest BCUT2D eigenvalue weighted by Crippen LogP contribution is -2.64. The molecule has 160 valence electrons. The maximum absolute atomic E-state index is 12.8. The number of rotatable bonds is 7. The number of methoxy groups -OCH3 is 2. The Morgan fingerprint density at radius 3 is 2.76 bits per heavy atom. The van der Waals surface area contributed by atoms with Crippen LogP contribution in [0, 0.1) is 11.8 Å². The second kappa shape index (κ2) is 9.05. The van der Waals surface area contributed by atoms with E-state index in [1.807, 2.05) is 0 Å². The number of hydrogen-bond acceptors (Lipinski definition) is 4. The van der Waals surface area contributed by atoms with Crippen LogP contribution in [0.2, 0.25) is 0 Å². The molecule has 0 unspecified atom stereocenters. The fraction of sp³-hybridized carbons (Fsp3) is 0.708. The van der Waals surface area contributed by atoms with Gasteiger partial charge < -0.3 is 14.4 Å². The third-order valence-corrected chi connectivity index (χ3v) is 7.21. The topological polar surface area (TPSA) is 42.0 Å². The van der Waals surface area contributed by atoms with E-state index in [0.29, 0.717) is 36.4 Å². The lowest BCUT2D eigenvalue weighted by Gasteiger charge is -2.57. The van der Waals surface area contributed by atoms with Crippen LogP contribution in [-0.4, -0.2) is 55.1 Å². The standard InChI is InChI=1S/C24H36N2O3/c1-4-6-21-18-12-19(22-7-5-8-24(27)26(21)22)15-25(14-18)13-17-9-10-23(29-3)20(11-17)16-28-2/h9-11,18-19,21-22H,4-8,12-16H2,1-3H3/t18-,19+,21-,22-/m0/s1. The number of benzene rings is 1. The van der Waals surface area contributed by atoms with Crippen molar-refractivity contribution < 1.29 is 14.3 Å². The Morgan fingerprint density at radius 1 is 1.17 bits per heavy atom. The minimum Gasteiger partial charge on any atom is -0.496 e. The van der Waals surface area contributed by atoms with E-state index >= 15 is 0 Å². The SMILES string of the molecule is CCC[C@H]1[C@H]2C[C@H](CN(Cc3ccc(OC)c(COC)c3)C2)[C@@H]2CCCC(=O)N21. The molecule has 0 radical (unpaired) electrons. The number of fused-ring (bicyclic) bond motifs is 4. The molecule has 5 heteroatoms. The van der Waals surface area contributed by atoms with Crippen molar-refractivity contribution in [2.45, 2.75) is 70.7 Å². The van der Waals surface area contributed by atoms with Crippen molar-refractivity contribution in [3.8, 4) is 5.75 Å². The van der Waals surface area contributed by atoms with Gasteiger partial charge in [-0.05, 0) is 55.2 Å². The molecule has 0 spiro atoms. The molecule has 3 heterocycles. The Labute approximate surface area is 175 Å². The second-order valence-electron chi connectivity index (χ2n) is 9.15. The average Bonchev–Trinajstić information content (AvgIpc) is 2.72. The smallest absolute Gasteiger partial charge is 0.223 e. The fourth-order valence-electron chi connectivity index (χ4n) is 6.13. The highest BCUT2D eigenvalue weighted by Crippen LogP contribution is 2.43. The minimum absolute atomic E-state index is 0.419. The number of hydrogen-bond donors (Lipinski definition) is 0. The zero-order valence-corrected chi connectivity index (χ0v) is 18.2. The predicted molar refractivity (Wildman–Crippen MR) is 114 cm³/mol. The zero-order valence-electron chi connectivity index (χ0n) is 18.2. The summed E-state index contributed by atoms with van der Waals surface area (Å²) in [6, 6.07) is 7.38. The second-order valence-corrected chi connectivity index (χ2v) is 9.15. The van der Waals surface area contributed by atoms with Crippen LogP contribution in [0.15, 0.2) is 18.2 Å². The molecule has 3 aliphatic heterocycles. The molecule has 4 atom stereocenters. The Morgan fingerprint density at radius 2 is 2.00 bits per heavy atom. The molecule has 1 aromatic rings. The van der Waals surface area contributed by atoms with E-state index in [1.165, 1.54) is 18.4 Å². The molecule has 1 aromatic carbocycles. The Kier molecular flexibility index (Phi) is 6.45. The Hall–Kier alpha value is -1.59. The summed E-state index contributed by atoms with van der Waals surface area (Å²) in [6.07, 6.45) is 6.62. The largest absolute Gasteiger partial charge is 0.496 e. The summed E-state index contributed by atoms with van der Waals surface area (Å²) in [7, 11) is 3.44. The minimum atomic E-state index is 0.419. The lowest BCUT2D eigenvalue weighted by molar-refractivity contribution is -0.153. The van der Waals surface area contributed by atoms with Crippen LogP contribution in [0.4, 0.5) is 0 Å². The van der Waals surface area contributed by atoms with E-state index < -0.39 is 0 Å². The molecular formula is C24H36N2O3. The highest BCUT2D eigenvalue weighted by Gasteiger charge is 2.48. The summed E-state index contributed by atoms with van der Waals surface area (Å²) in [6.45, 7) is 6.00. The van der Waals surface area contributed by atoms with Gasteiger partial charge in [0.05, 0.1) is 13.7 Å². The van der Waals surface area contributed by atoms with Crippen molar-refractivity contribution in [1.29, 1.82) is 0 Å². The van der Waals surface area contributed by atoms with Gasteiger partial charge in [0.15, 0.2) is 0 Å². The molecule has 4 rings (SSSR count). The third kappa shape index (κ3) is 4.17. The van der Waals surface area contributed by atoms with Gasteiger partial charge >= 0.3 is 0 Å². The number of ether oxygens (including phenoxy) is 2. The monoisotopic (exact) mass is 400 g/mol. The molecule has 3 aliphatic rings. The first kappa shape index (κ1) is 20.7. The van der Waals surface area contributed by atoms with E-state index in [9.17, 15) is 4.79 Å². The van der Waals surface area contributed by atoms with Crippen molar-refractivity contribution in [1.82, 2.24) is 9.80 Å². The quantitative estimate of drug-likeness (QED) is 0.697. The maximum atomic E-state index is 12.8. The lowest BCUT2D eigenvalue weighted by atomic mass is 9.71. The van der Waals surface area contributed by atoms with Crippen molar-refractivity contribution >= 4 is 5.91 Å². The summed E-state index contributed by atoms with van der Waals surface area (Å²) in [5.74, 6) is 2.55. The number of likely N-dealkylation sites (tertiary alicyclic amines) is 1. The number of carbonyl (C=O) groups excluding carboxylic acids is 1.